The van der Waals surface area contributed by atoms with Crippen molar-refractivity contribution in [2.24, 2.45) is 17.8 Å². The van der Waals surface area contributed by atoms with Crippen LogP contribution >= 0.6 is 0 Å². The smallest absolute Gasteiger partial charge is 0.0101 e. The van der Waals surface area contributed by atoms with Crippen LogP contribution in [0.1, 0.15) is 58.8 Å². The van der Waals surface area contributed by atoms with Crippen molar-refractivity contribution >= 4 is 0 Å². The molecule has 1 saturated heterocycles. The zero-order chi connectivity index (χ0) is 13.2. The van der Waals surface area contributed by atoms with E-state index in [0.717, 1.165) is 29.8 Å². The summed E-state index contributed by atoms with van der Waals surface area (Å²) in [5, 5.41) is 3.59. The highest BCUT2D eigenvalue weighted by atomic mass is 15.2. The third-order valence-electron chi connectivity index (χ3n) is 5.92. The summed E-state index contributed by atoms with van der Waals surface area (Å²) in [5.74, 6) is 2.81. The molecule has 110 valence electrons. The Morgan fingerprint density at radius 1 is 0.947 bits per heavy atom. The van der Waals surface area contributed by atoms with Crippen LogP contribution in [0.2, 0.25) is 0 Å². The van der Waals surface area contributed by atoms with Crippen LogP contribution in [0.25, 0.3) is 0 Å². The molecule has 0 amide bonds. The van der Waals surface area contributed by atoms with E-state index in [0.29, 0.717) is 0 Å². The second-order valence-corrected chi connectivity index (χ2v) is 7.56. The maximum atomic E-state index is 3.59. The van der Waals surface area contributed by atoms with Gasteiger partial charge in [0.2, 0.25) is 0 Å². The number of nitrogens with zero attached hydrogens (tertiary/aromatic N) is 1. The van der Waals surface area contributed by atoms with Crippen LogP contribution in [-0.4, -0.2) is 36.6 Å². The number of rotatable bonds is 4. The maximum Gasteiger partial charge on any atom is 0.0101 e. The quantitative estimate of drug-likeness (QED) is 0.838. The molecule has 0 bridgehead atoms. The average Bonchev–Trinajstić information content (AvgIpc) is 3.25. The molecule has 19 heavy (non-hydrogen) atoms. The van der Waals surface area contributed by atoms with Crippen LogP contribution in [0, 0.1) is 17.8 Å². The van der Waals surface area contributed by atoms with Gasteiger partial charge in [-0.3, -0.25) is 4.90 Å². The molecule has 2 aliphatic carbocycles. The monoisotopic (exact) mass is 264 g/mol. The summed E-state index contributed by atoms with van der Waals surface area (Å²) in [6.07, 6.45) is 10.2. The topological polar surface area (TPSA) is 15.3 Å². The molecule has 1 heterocycles. The largest absolute Gasteiger partial charge is 0.316 e. The molecule has 4 unspecified atom stereocenters. The lowest BCUT2D eigenvalue weighted by atomic mass is 9.78. The van der Waals surface area contributed by atoms with Gasteiger partial charge in [-0.2, -0.15) is 0 Å². The lowest BCUT2D eigenvalue weighted by Crippen LogP contribution is -2.46. The molecule has 0 aromatic rings. The third-order valence-corrected chi connectivity index (χ3v) is 5.92. The maximum absolute atomic E-state index is 3.59. The summed E-state index contributed by atoms with van der Waals surface area (Å²) in [4.78, 5) is 2.93. The van der Waals surface area contributed by atoms with Gasteiger partial charge in [0, 0.05) is 18.6 Å². The second kappa shape index (κ2) is 6.13. The normalized spacial score (nSPS) is 40.6. The Kier molecular flexibility index (Phi) is 4.48. The molecule has 0 aromatic carbocycles. The molecule has 3 aliphatic rings. The summed E-state index contributed by atoms with van der Waals surface area (Å²) < 4.78 is 0. The molecular formula is C17H32N2. The first kappa shape index (κ1) is 13.9. The SMILES string of the molecule is CC1CCC(N(CC2CCCNC2)C2CC2)CC1C. The Bertz CT molecular complexity index is 281. The molecule has 0 spiro atoms. The molecule has 1 N–H and O–H groups in total. The van der Waals surface area contributed by atoms with Gasteiger partial charge < -0.3 is 5.32 Å². The molecule has 1 aliphatic heterocycles. The lowest BCUT2D eigenvalue weighted by Gasteiger charge is -2.41. The van der Waals surface area contributed by atoms with Crippen molar-refractivity contribution in [1.82, 2.24) is 10.2 Å². The third kappa shape index (κ3) is 3.52. The number of hydrogen-bond donors (Lipinski definition) is 1. The van der Waals surface area contributed by atoms with Crippen molar-refractivity contribution in [3.05, 3.63) is 0 Å². The van der Waals surface area contributed by atoms with Crippen molar-refractivity contribution in [3.63, 3.8) is 0 Å². The van der Waals surface area contributed by atoms with Gasteiger partial charge in [0.05, 0.1) is 0 Å². The van der Waals surface area contributed by atoms with Gasteiger partial charge in [0.25, 0.3) is 0 Å². The minimum Gasteiger partial charge on any atom is -0.316 e. The Hall–Kier alpha value is -0.0800. The van der Waals surface area contributed by atoms with Crippen molar-refractivity contribution in [1.29, 1.82) is 0 Å². The number of nitrogens with one attached hydrogen (secondary N) is 1. The molecule has 3 fully saturated rings. The Morgan fingerprint density at radius 3 is 2.37 bits per heavy atom. The first-order valence-corrected chi connectivity index (χ1v) is 8.70. The lowest BCUT2D eigenvalue weighted by molar-refractivity contribution is 0.0821. The van der Waals surface area contributed by atoms with Crippen molar-refractivity contribution in [2.45, 2.75) is 70.9 Å². The van der Waals surface area contributed by atoms with E-state index in [9.17, 15) is 0 Å². The van der Waals surface area contributed by atoms with Gasteiger partial charge >= 0.3 is 0 Å². The molecule has 4 atom stereocenters. The van der Waals surface area contributed by atoms with Crippen LogP contribution < -0.4 is 5.32 Å². The van der Waals surface area contributed by atoms with Crippen molar-refractivity contribution < 1.29 is 0 Å². The molecule has 0 aromatic heterocycles. The van der Waals surface area contributed by atoms with E-state index in [-0.39, 0.29) is 0 Å². The summed E-state index contributed by atoms with van der Waals surface area (Å²) in [6, 6.07) is 1.85. The van der Waals surface area contributed by atoms with Crippen LogP contribution in [0.4, 0.5) is 0 Å². The predicted octanol–water partition coefficient (Wildman–Crippen LogP) is 3.28. The van der Waals surface area contributed by atoms with E-state index in [1.165, 1.54) is 64.6 Å². The first-order valence-electron chi connectivity index (χ1n) is 8.70. The highest BCUT2D eigenvalue weighted by molar-refractivity contribution is 4.93. The van der Waals surface area contributed by atoms with Crippen LogP contribution in [0.5, 0.6) is 0 Å². The van der Waals surface area contributed by atoms with Crippen LogP contribution in [-0.2, 0) is 0 Å². The predicted molar refractivity (Wildman–Crippen MR) is 81.3 cm³/mol. The fourth-order valence-electron chi connectivity index (χ4n) is 4.20. The molecule has 3 rings (SSSR count). The van der Waals surface area contributed by atoms with Gasteiger partial charge in [0.15, 0.2) is 0 Å². The summed E-state index contributed by atoms with van der Waals surface area (Å²) in [5.41, 5.74) is 0. The molecule has 2 heteroatoms. The number of hydrogen-bond acceptors (Lipinski definition) is 2. The van der Waals surface area contributed by atoms with E-state index < -0.39 is 0 Å². The zero-order valence-corrected chi connectivity index (χ0v) is 12.9. The van der Waals surface area contributed by atoms with Gasteiger partial charge in [-0.15, -0.1) is 0 Å². The summed E-state index contributed by atoms with van der Waals surface area (Å²) in [6.45, 7) is 8.82. The average molecular weight is 264 g/mol. The van der Waals surface area contributed by atoms with Gasteiger partial charge in [0.1, 0.15) is 0 Å². The van der Waals surface area contributed by atoms with E-state index in [4.69, 9.17) is 0 Å². The first-order chi connectivity index (χ1) is 9.24. The number of piperidine rings is 1. The van der Waals surface area contributed by atoms with Crippen LogP contribution in [0.3, 0.4) is 0 Å². The summed E-state index contributed by atoms with van der Waals surface area (Å²) in [7, 11) is 0. The van der Waals surface area contributed by atoms with Crippen molar-refractivity contribution in [2.75, 3.05) is 19.6 Å². The van der Waals surface area contributed by atoms with Crippen LogP contribution in [0.15, 0.2) is 0 Å². The fourth-order valence-corrected chi connectivity index (χ4v) is 4.20. The molecule has 0 radical (unpaired) electrons. The van der Waals surface area contributed by atoms with E-state index in [2.05, 4.69) is 24.1 Å². The fraction of sp³-hybridized carbons (Fsp3) is 1.00. The molecule has 2 saturated carbocycles. The molecular weight excluding hydrogens is 232 g/mol. The Balaban J connectivity index is 1.57. The van der Waals surface area contributed by atoms with E-state index in [1.807, 2.05) is 0 Å². The Morgan fingerprint density at radius 2 is 1.74 bits per heavy atom. The standard InChI is InChI=1S/C17H32N2/c1-13-5-6-17(10-14(13)2)19(16-7-8-16)12-15-4-3-9-18-11-15/h13-18H,3-12H2,1-2H3. The minimum absolute atomic E-state index is 0.903. The summed E-state index contributed by atoms with van der Waals surface area (Å²) >= 11 is 0. The van der Waals surface area contributed by atoms with Gasteiger partial charge in [-0.05, 0) is 75.8 Å². The zero-order valence-electron chi connectivity index (χ0n) is 12.9. The minimum atomic E-state index is 0.903. The highest BCUT2D eigenvalue weighted by Gasteiger charge is 2.37. The van der Waals surface area contributed by atoms with Gasteiger partial charge in [-0.25, -0.2) is 0 Å². The second-order valence-electron chi connectivity index (χ2n) is 7.56. The van der Waals surface area contributed by atoms with E-state index in [1.54, 1.807) is 0 Å². The highest BCUT2D eigenvalue weighted by Crippen LogP contribution is 2.38. The van der Waals surface area contributed by atoms with Crippen molar-refractivity contribution in [3.8, 4) is 0 Å². The van der Waals surface area contributed by atoms with E-state index >= 15 is 0 Å². The van der Waals surface area contributed by atoms with Gasteiger partial charge in [-0.1, -0.05) is 13.8 Å². The molecule has 2 nitrogen and oxygen atoms in total. The Labute approximate surface area is 119 Å².